The molecule has 2 amide bonds. The van der Waals surface area contributed by atoms with Crippen LogP contribution in [0, 0.1) is 0 Å². The molecule has 0 fully saturated rings. The summed E-state index contributed by atoms with van der Waals surface area (Å²) in [7, 11) is 0. The summed E-state index contributed by atoms with van der Waals surface area (Å²) in [4.78, 5) is 32.1. The molecule has 138 valence electrons. The largest absolute Gasteiger partial charge is 0.444 e. The topological polar surface area (TPSA) is 119 Å². The zero-order valence-electron chi connectivity index (χ0n) is 14.2. The van der Waals surface area contributed by atoms with Crippen LogP contribution in [0.25, 0.3) is 0 Å². The third-order valence-corrected chi connectivity index (χ3v) is 4.24. The fourth-order valence-corrected chi connectivity index (χ4v) is 2.87. The zero-order chi connectivity index (χ0) is 19.1. The number of nitrogens with one attached hydrogen (secondary N) is 2. The Morgan fingerprint density at radius 2 is 2.00 bits per heavy atom. The summed E-state index contributed by atoms with van der Waals surface area (Å²) in [6, 6.07) is 10.6. The first-order valence-corrected chi connectivity index (χ1v) is 8.89. The first-order chi connectivity index (χ1) is 13.1. The van der Waals surface area contributed by atoms with Crippen LogP contribution < -0.4 is 16.4 Å². The van der Waals surface area contributed by atoms with E-state index in [1.165, 1.54) is 11.3 Å². The van der Waals surface area contributed by atoms with Crippen LogP contribution >= 0.6 is 11.3 Å². The first-order valence-electron chi connectivity index (χ1n) is 8.01. The molecule has 1 aromatic carbocycles. The zero-order valence-corrected chi connectivity index (χ0v) is 15.0. The van der Waals surface area contributed by atoms with Gasteiger partial charge in [0.15, 0.2) is 5.13 Å². The summed E-state index contributed by atoms with van der Waals surface area (Å²) < 4.78 is 5.10. The number of benzene rings is 1. The Labute approximate surface area is 159 Å². The highest BCUT2D eigenvalue weighted by Gasteiger charge is 2.11. The average Bonchev–Trinajstić information content (AvgIpc) is 3.09. The summed E-state index contributed by atoms with van der Waals surface area (Å²) in [5, 5.41) is 7.32. The highest BCUT2D eigenvalue weighted by Crippen LogP contribution is 2.19. The predicted molar refractivity (Wildman–Crippen MR) is 103 cm³/mol. The Kier molecular flexibility index (Phi) is 5.95. The van der Waals surface area contributed by atoms with Crippen molar-refractivity contribution in [3.05, 3.63) is 65.4 Å². The summed E-state index contributed by atoms with van der Waals surface area (Å²) in [6.07, 6.45) is 2.70. The van der Waals surface area contributed by atoms with E-state index < -0.39 is 6.09 Å². The molecule has 0 saturated carbocycles. The third kappa shape index (κ3) is 5.51. The second kappa shape index (κ2) is 8.77. The van der Waals surface area contributed by atoms with Crippen molar-refractivity contribution in [2.75, 3.05) is 16.4 Å². The van der Waals surface area contributed by atoms with E-state index in [0.717, 1.165) is 5.56 Å². The maximum atomic E-state index is 12.1. The number of rotatable bonds is 6. The second-order valence-electron chi connectivity index (χ2n) is 5.52. The van der Waals surface area contributed by atoms with Crippen LogP contribution in [-0.4, -0.2) is 22.0 Å². The second-order valence-corrected chi connectivity index (χ2v) is 6.38. The van der Waals surface area contributed by atoms with Gasteiger partial charge in [-0.2, -0.15) is 0 Å². The van der Waals surface area contributed by atoms with Gasteiger partial charge >= 0.3 is 6.09 Å². The van der Waals surface area contributed by atoms with Gasteiger partial charge in [-0.1, -0.05) is 18.2 Å². The lowest BCUT2D eigenvalue weighted by molar-refractivity contribution is -0.115. The molecular weight excluding hydrogens is 366 g/mol. The predicted octanol–water partition coefficient (Wildman–Crippen LogP) is 3.05. The molecule has 3 aromatic rings. The van der Waals surface area contributed by atoms with Crippen molar-refractivity contribution in [3.8, 4) is 0 Å². The fourth-order valence-electron chi connectivity index (χ4n) is 2.17. The smallest absolute Gasteiger partial charge is 0.413 e. The van der Waals surface area contributed by atoms with Crippen LogP contribution in [0.5, 0.6) is 0 Å². The molecule has 0 bridgehead atoms. The highest BCUT2D eigenvalue weighted by molar-refractivity contribution is 7.13. The number of ether oxygens (including phenoxy) is 1. The third-order valence-electron chi connectivity index (χ3n) is 3.43. The molecule has 0 atom stereocenters. The van der Waals surface area contributed by atoms with Gasteiger partial charge in [-0.05, 0) is 18.2 Å². The fraction of sp³-hybridized carbons (Fsp3) is 0.111. The van der Waals surface area contributed by atoms with Crippen molar-refractivity contribution in [2.45, 2.75) is 13.0 Å². The minimum absolute atomic E-state index is 0.0667. The molecule has 0 spiro atoms. The van der Waals surface area contributed by atoms with Gasteiger partial charge < -0.3 is 15.8 Å². The summed E-state index contributed by atoms with van der Waals surface area (Å²) in [5.74, 6) is -0.246. The van der Waals surface area contributed by atoms with Gasteiger partial charge in [-0.25, -0.2) is 9.78 Å². The Balaban J connectivity index is 1.48. The van der Waals surface area contributed by atoms with E-state index in [1.54, 1.807) is 54.2 Å². The quantitative estimate of drug-likeness (QED) is 0.563. The molecule has 9 heteroatoms. The lowest BCUT2D eigenvalue weighted by Crippen LogP contribution is -2.16. The maximum Gasteiger partial charge on any atom is 0.413 e. The molecule has 27 heavy (non-hydrogen) atoms. The van der Waals surface area contributed by atoms with E-state index in [4.69, 9.17) is 10.5 Å². The van der Waals surface area contributed by atoms with E-state index in [-0.39, 0.29) is 18.9 Å². The number of anilines is 3. The van der Waals surface area contributed by atoms with Crippen molar-refractivity contribution >= 4 is 39.8 Å². The lowest BCUT2D eigenvalue weighted by Gasteiger charge is -2.06. The monoisotopic (exact) mass is 383 g/mol. The number of thiazole rings is 1. The Bertz CT molecular complexity index is 930. The molecule has 3 rings (SSSR count). The van der Waals surface area contributed by atoms with Gasteiger partial charge in [0.2, 0.25) is 5.91 Å². The van der Waals surface area contributed by atoms with Crippen molar-refractivity contribution in [1.29, 1.82) is 0 Å². The molecule has 2 aromatic heterocycles. The number of amides is 2. The van der Waals surface area contributed by atoms with Crippen LogP contribution in [0.2, 0.25) is 0 Å². The molecule has 8 nitrogen and oxygen atoms in total. The maximum absolute atomic E-state index is 12.1. The molecule has 0 aliphatic rings. The molecule has 4 N–H and O–H groups in total. The number of hydrogen-bond acceptors (Lipinski definition) is 7. The number of pyridine rings is 1. The van der Waals surface area contributed by atoms with E-state index in [1.807, 2.05) is 0 Å². The van der Waals surface area contributed by atoms with Crippen LogP contribution in [0.1, 0.15) is 11.3 Å². The van der Waals surface area contributed by atoms with Crippen LogP contribution in [-0.2, 0) is 22.6 Å². The van der Waals surface area contributed by atoms with Crippen molar-refractivity contribution in [3.63, 3.8) is 0 Å². The van der Waals surface area contributed by atoms with E-state index in [9.17, 15) is 9.59 Å². The van der Waals surface area contributed by atoms with Crippen molar-refractivity contribution < 1.29 is 14.3 Å². The molecule has 0 aliphatic heterocycles. The van der Waals surface area contributed by atoms with Gasteiger partial charge in [0.1, 0.15) is 6.61 Å². The summed E-state index contributed by atoms with van der Waals surface area (Å²) in [5.41, 5.74) is 8.16. The first kappa shape index (κ1) is 18.3. The minimum Gasteiger partial charge on any atom is -0.444 e. The van der Waals surface area contributed by atoms with Crippen LogP contribution in [0.3, 0.4) is 0 Å². The van der Waals surface area contributed by atoms with Gasteiger partial charge in [-0.3, -0.25) is 15.1 Å². The standard InChI is InChI=1S/C18H17N5O3S/c19-14-5-1-2-6-15(14)22-16(24)8-13-11-27-17(21-13)23-18(25)26-10-12-4-3-7-20-9-12/h1-7,9,11H,8,10,19H2,(H,22,24)(H,21,23,25). The van der Waals surface area contributed by atoms with E-state index in [2.05, 4.69) is 20.6 Å². The van der Waals surface area contributed by atoms with Gasteiger partial charge in [0.05, 0.1) is 23.5 Å². The number of carbonyl (C=O) groups excluding carboxylic acids is 2. The Morgan fingerprint density at radius 1 is 1.15 bits per heavy atom. The number of carbonyl (C=O) groups is 2. The normalized spacial score (nSPS) is 10.2. The number of nitrogens with two attached hydrogens (primary N) is 1. The molecule has 2 heterocycles. The lowest BCUT2D eigenvalue weighted by atomic mass is 10.2. The van der Waals surface area contributed by atoms with E-state index >= 15 is 0 Å². The minimum atomic E-state index is -0.624. The van der Waals surface area contributed by atoms with Crippen molar-refractivity contribution in [1.82, 2.24) is 9.97 Å². The van der Waals surface area contributed by atoms with Crippen LogP contribution in [0.15, 0.2) is 54.2 Å². The summed E-state index contributed by atoms with van der Waals surface area (Å²) in [6.45, 7) is 0.110. The molecule has 0 aliphatic carbocycles. The summed E-state index contributed by atoms with van der Waals surface area (Å²) >= 11 is 1.21. The number of hydrogen-bond donors (Lipinski definition) is 3. The molecule has 0 saturated heterocycles. The number of nitrogens with zero attached hydrogens (tertiary/aromatic N) is 2. The Morgan fingerprint density at radius 3 is 2.78 bits per heavy atom. The van der Waals surface area contributed by atoms with Crippen LogP contribution in [0.4, 0.5) is 21.3 Å². The van der Waals surface area contributed by atoms with Gasteiger partial charge in [-0.15, -0.1) is 11.3 Å². The van der Waals surface area contributed by atoms with Crippen molar-refractivity contribution in [2.24, 2.45) is 0 Å². The number of aromatic nitrogens is 2. The van der Waals surface area contributed by atoms with Gasteiger partial charge in [0, 0.05) is 23.3 Å². The number of para-hydroxylation sites is 2. The molecule has 0 radical (unpaired) electrons. The Hall–Kier alpha value is -3.46. The SMILES string of the molecule is Nc1ccccc1NC(=O)Cc1csc(NC(=O)OCc2cccnc2)n1. The van der Waals surface area contributed by atoms with Gasteiger partial charge in [0.25, 0.3) is 0 Å². The highest BCUT2D eigenvalue weighted by atomic mass is 32.1. The molecule has 0 unspecified atom stereocenters. The average molecular weight is 383 g/mol. The van der Waals surface area contributed by atoms with E-state index in [0.29, 0.717) is 22.2 Å². The molecular formula is C18H17N5O3S. The number of nitrogen functional groups attached to an aromatic ring is 1.